The number of fused-ring (bicyclic) bond motifs is 1. The number of ketones is 1. The molecule has 0 aromatic heterocycles. The average Bonchev–Trinajstić information content (AvgIpc) is 2.27. The topological polar surface area (TPSA) is 26.3 Å². The summed E-state index contributed by atoms with van der Waals surface area (Å²) in [5, 5.41) is 0. The van der Waals surface area contributed by atoms with E-state index >= 15 is 0 Å². The van der Waals surface area contributed by atoms with Crippen molar-refractivity contribution in [3.63, 3.8) is 0 Å². The molecular weight excluding hydrogens is 176 g/mol. The molecule has 0 spiro atoms. The van der Waals surface area contributed by atoms with Crippen molar-refractivity contribution in [2.75, 3.05) is 0 Å². The largest absolute Gasteiger partial charge is 0.371 e. The quantitative estimate of drug-likeness (QED) is 0.595. The summed E-state index contributed by atoms with van der Waals surface area (Å²) in [5.41, 5.74) is -0.220. The number of carbonyl (C=O) groups excluding carboxylic acids is 1. The lowest BCUT2D eigenvalue weighted by Gasteiger charge is -2.39. The molecule has 1 saturated heterocycles. The maximum Gasteiger partial charge on any atom is 0.141 e. The highest BCUT2D eigenvalue weighted by atomic mass is 16.5. The van der Waals surface area contributed by atoms with Gasteiger partial charge in [0.25, 0.3) is 0 Å². The van der Waals surface area contributed by atoms with Crippen LogP contribution in [0.15, 0.2) is 0 Å². The van der Waals surface area contributed by atoms with Crippen LogP contribution in [0.2, 0.25) is 0 Å². The third kappa shape index (κ3) is 2.00. The van der Waals surface area contributed by atoms with Crippen molar-refractivity contribution in [1.29, 1.82) is 0 Å². The van der Waals surface area contributed by atoms with Gasteiger partial charge in [0.15, 0.2) is 0 Å². The highest BCUT2D eigenvalue weighted by molar-refractivity contribution is 5.83. The number of rotatable bonds is 0. The Kier molecular flexibility index (Phi) is 2.65. The van der Waals surface area contributed by atoms with E-state index in [9.17, 15) is 4.79 Å². The van der Waals surface area contributed by atoms with Crippen molar-refractivity contribution in [3.05, 3.63) is 0 Å². The lowest BCUT2D eigenvalue weighted by molar-refractivity contribution is -0.162. The van der Waals surface area contributed by atoms with E-state index < -0.39 is 0 Å². The minimum absolute atomic E-state index is 0.213. The summed E-state index contributed by atoms with van der Waals surface area (Å²) in [6, 6.07) is 0. The molecule has 0 amide bonds. The van der Waals surface area contributed by atoms with Gasteiger partial charge in [-0.15, -0.1) is 0 Å². The Morgan fingerprint density at radius 1 is 1.21 bits per heavy atom. The number of hydrogen-bond donors (Lipinski definition) is 0. The second kappa shape index (κ2) is 3.65. The van der Waals surface area contributed by atoms with Gasteiger partial charge in [0.1, 0.15) is 5.78 Å². The van der Waals surface area contributed by atoms with Crippen LogP contribution in [0.4, 0.5) is 0 Å². The first-order valence-electron chi connectivity index (χ1n) is 5.79. The van der Waals surface area contributed by atoms with Gasteiger partial charge in [-0.1, -0.05) is 19.3 Å². The maximum absolute atomic E-state index is 11.9. The molecule has 2 atom stereocenters. The van der Waals surface area contributed by atoms with E-state index in [4.69, 9.17) is 4.74 Å². The maximum atomic E-state index is 11.9. The molecule has 0 N–H and O–H groups in total. The van der Waals surface area contributed by atoms with E-state index in [0.717, 1.165) is 12.8 Å². The van der Waals surface area contributed by atoms with Crippen LogP contribution in [0.25, 0.3) is 0 Å². The zero-order chi connectivity index (χ0) is 10.2. The molecule has 0 radical (unpaired) electrons. The van der Waals surface area contributed by atoms with Crippen molar-refractivity contribution < 1.29 is 9.53 Å². The molecule has 1 aliphatic heterocycles. The van der Waals surface area contributed by atoms with Crippen molar-refractivity contribution in [2.24, 2.45) is 5.92 Å². The second-order valence-corrected chi connectivity index (χ2v) is 5.30. The summed E-state index contributed by atoms with van der Waals surface area (Å²) < 4.78 is 6.01. The summed E-state index contributed by atoms with van der Waals surface area (Å²) in [6.07, 6.45) is 6.66. The third-order valence-electron chi connectivity index (χ3n) is 3.44. The van der Waals surface area contributed by atoms with Gasteiger partial charge in [-0.25, -0.2) is 0 Å². The first-order chi connectivity index (χ1) is 6.58. The SMILES string of the molecule is CC1(C)CC(=O)C2CCCCCC2O1. The monoisotopic (exact) mass is 196 g/mol. The van der Waals surface area contributed by atoms with Crippen LogP contribution in [0.3, 0.4) is 0 Å². The Hall–Kier alpha value is -0.370. The minimum atomic E-state index is -0.220. The van der Waals surface area contributed by atoms with Crippen LogP contribution >= 0.6 is 0 Å². The fourth-order valence-corrected chi connectivity index (χ4v) is 2.79. The summed E-state index contributed by atoms with van der Waals surface area (Å²) in [7, 11) is 0. The van der Waals surface area contributed by atoms with E-state index in [1.54, 1.807) is 0 Å². The van der Waals surface area contributed by atoms with Crippen LogP contribution in [-0.2, 0) is 9.53 Å². The van der Waals surface area contributed by atoms with Gasteiger partial charge in [-0.2, -0.15) is 0 Å². The van der Waals surface area contributed by atoms with E-state index in [-0.39, 0.29) is 17.6 Å². The van der Waals surface area contributed by atoms with E-state index in [2.05, 4.69) is 0 Å². The van der Waals surface area contributed by atoms with Gasteiger partial charge >= 0.3 is 0 Å². The number of ether oxygens (including phenoxy) is 1. The minimum Gasteiger partial charge on any atom is -0.371 e. The molecule has 14 heavy (non-hydrogen) atoms. The molecule has 1 heterocycles. The van der Waals surface area contributed by atoms with Gasteiger partial charge in [0.05, 0.1) is 11.7 Å². The van der Waals surface area contributed by atoms with E-state index in [1.165, 1.54) is 19.3 Å². The van der Waals surface area contributed by atoms with E-state index in [1.807, 2.05) is 13.8 Å². The summed E-state index contributed by atoms with van der Waals surface area (Å²) >= 11 is 0. The van der Waals surface area contributed by atoms with Crippen molar-refractivity contribution in [3.8, 4) is 0 Å². The summed E-state index contributed by atoms with van der Waals surface area (Å²) in [4.78, 5) is 11.9. The summed E-state index contributed by atoms with van der Waals surface area (Å²) in [5.74, 6) is 0.652. The van der Waals surface area contributed by atoms with Gasteiger partial charge in [-0.3, -0.25) is 4.79 Å². The zero-order valence-electron chi connectivity index (χ0n) is 9.21. The average molecular weight is 196 g/mol. The fourth-order valence-electron chi connectivity index (χ4n) is 2.79. The van der Waals surface area contributed by atoms with Crippen LogP contribution in [0.5, 0.6) is 0 Å². The van der Waals surface area contributed by atoms with Crippen LogP contribution in [0, 0.1) is 5.92 Å². The molecule has 1 saturated carbocycles. The van der Waals surface area contributed by atoms with Crippen LogP contribution in [0.1, 0.15) is 52.4 Å². The van der Waals surface area contributed by atoms with Crippen LogP contribution < -0.4 is 0 Å². The lowest BCUT2D eigenvalue weighted by Crippen LogP contribution is -2.46. The number of hydrogen-bond acceptors (Lipinski definition) is 2. The third-order valence-corrected chi connectivity index (χ3v) is 3.44. The van der Waals surface area contributed by atoms with Gasteiger partial charge in [-0.05, 0) is 26.7 Å². The Bertz CT molecular complexity index is 232. The van der Waals surface area contributed by atoms with Crippen molar-refractivity contribution >= 4 is 5.78 Å². The molecule has 0 aromatic rings. The van der Waals surface area contributed by atoms with Gasteiger partial charge in [0, 0.05) is 12.3 Å². The molecule has 0 aromatic carbocycles. The molecule has 1 aliphatic carbocycles. The smallest absolute Gasteiger partial charge is 0.141 e. The highest BCUT2D eigenvalue weighted by Gasteiger charge is 2.41. The van der Waals surface area contributed by atoms with Crippen molar-refractivity contribution in [2.45, 2.75) is 64.1 Å². The Labute approximate surface area is 86.0 Å². The van der Waals surface area contributed by atoms with Gasteiger partial charge < -0.3 is 4.74 Å². The molecular formula is C12H20O2. The summed E-state index contributed by atoms with van der Waals surface area (Å²) in [6.45, 7) is 4.07. The predicted octanol–water partition coefficient (Wildman–Crippen LogP) is 2.70. The molecule has 2 fully saturated rings. The highest BCUT2D eigenvalue weighted by Crippen LogP contribution is 2.36. The Morgan fingerprint density at radius 2 is 1.93 bits per heavy atom. The predicted molar refractivity (Wildman–Crippen MR) is 55.2 cm³/mol. The molecule has 2 nitrogen and oxygen atoms in total. The fraction of sp³-hybridized carbons (Fsp3) is 0.917. The first kappa shape index (κ1) is 10.2. The molecule has 80 valence electrons. The molecule has 2 rings (SSSR count). The first-order valence-corrected chi connectivity index (χ1v) is 5.79. The van der Waals surface area contributed by atoms with Crippen molar-refractivity contribution in [1.82, 2.24) is 0 Å². The van der Waals surface area contributed by atoms with E-state index in [0.29, 0.717) is 12.2 Å². The Morgan fingerprint density at radius 3 is 2.71 bits per heavy atom. The number of carbonyl (C=O) groups is 1. The standard InChI is InChI=1S/C12H20O2/c1-12(2)8-10(13)9-6-4-3-5-7-11(9)14-12/h9,11H,3-8H2,1-2H3. The zero-order valence-corrected chi connectivity index (χ0v) is 9.21. The van der Waals surface area contributed by atoms with Gasteiger partial charge in [0.2, 0.25) is 0 Å². The molecule has 2 unspecified atom stereocenters. The molecule has 0 bridgehead atoms. The normalized spacial score (nSPS) is 37.4. The Balaban J connectivity index is 2.13. The van der Waals surface area contributed by atoms with Crippen LogP contribution in [-0.4, -0.2) is 17.5 Å². The number of Topliss-reactive ketones (excluding diaryl/α,β-unsaturated/α-hetero) is 1. The molecule has 2 aliphatic rings. The molecule has 2 heteroatoms. The second-order valence-electron chi connectivity index (χ2n) is 5.30. The lowest BCUT2D eigenvalue weighted by atomic mass is 9.83.